The van der Waals surface area contributed by atoms with Gasteiger partial charge in [-0.2, -0.15) is 11.8 Å². The van der Waals surface area contributed by atoms with Crippen molar-refractivity contribution in [3.8, 4) is 0 Å². The molecule has 1 aliphatic rings. The summed E-state index contributed by atoms with van der Waals surface area (Å²) in [6.45, 7) is 4.72. The number of thioether (sulfide) groups is 1. The van der Waals surface area contributed by atoms with Gasteiger partial charge in [-0.3, -0.25) is 4.98 Å². The molecule has 3 heteroatoms. The normalized spacial score (nSPS) is 22.3. The van der Waals surface area contributed by atoms with Crippen LogP contribution in [-0.4, -0.2) is 22.5 Å². The van der Waals surface area contributed by atoms with Gasteiger partial charge in [0.05, 0.1) is 5.52 Å². The topological polar surface area (TPSA) is 24.9 Å². The summed E-state index contributed by atoms with van der Waals surface area (Å²) < 4.78 is 0. The van der Waals surface area contributed by atoms with Gasteiger partial charge in [0.1, 0.15) is 0 Å². The fraction of sp³-hybridized carbons (Fsp3) is 0.438. The predicted octanol–water partition coefficient (Wildman–Crippen LogP) is 4.18. The average Bonchev–Trinajstić information content (AvgIpc) is 2.38. The highest BCUT2D eigenvalue weighted by molar-refractivity contribution is 7.99. The van der Waals surface area contributed by atoms with Gasteiger partial charge in [0, 0.05) is 29.1 Å². The van der Waals surface area contributed by atoms with E-state index in [1.807, 2.05) is 12.3 Å². The van der Waals surface area contributed by atoms with Crippen molar-refractivity contribution < 1.29 is 0 Å². The zero-order valence-electron chi connectivity index (χ0n) is 11.5. The Hall–Kier alpha value is -1.22. The molecule has 0 bridgehead atoms. The molecule has 0 aliphatic carbocycles. The lowest BCUT2D eigenvalue weighted by Gasteiger charge is -2.35. The predicted molar refractivity (Wildman–Crippen MR) is 84.9 cm³/mol. The fourth-order valence-corrected chi connectivity index (χ4v) is 4.08. The molecule has 1 aromatic carbocycles. The van der Waals surface area contributed by atoms with E-state index in [1.165, 1.54) is 29.0 Å². The maximum atomic E-state index is 4.42. The minimum Gasteiger partial charge on any atom is -0.381 e. The number of nitrogens with zero attached hydrogens (tertiary/aromatic N) is 1. The van der Waals surface area contributed by atoms with E-state index in [1.54, 1.807) is 0 Å². The summed E-state index contributed by atoms with van der Waals surface area (Å²) in [6, 6.07) is 11.0. The minimum atomic E-state index is 0.434. The quantitative estimate of drug-likeness (QED) is 0.888. The molecule has 0 spiro atoms. The van der Waals surface area contributed by atoms with E-state index >= 15 is 0 Å². The number of nitrogens with one attached hydrogen (secondary N) is 1. The summed E-state index contributed by atoms with van der Waals surface area (Å²) >= 11 is 2.06. The van der Waals surface area contributed by atoms with Gasteiger partial charge in [-0.15, -0.1) is 0 Å². The van der Waals surface area contributed by atoms with Crippen LogP contribution in [0.1, 0.15) is 20.3 Å². The third kappa shape index (κ3) is 2.86. The molecule has 2 aromatic rings. The summed E-state index contributed by atoms with van der Waals surface area (Å²) in [6.07, 6.45) is 3.09. The standard InChI is InChI=1S/C16H20N2S/c1-16(2)9-12(10-19-11-16)18-15-7-3-6-14-13(15)5-4-8-17-14/h3-8,12,18H,9-11H2,1-2H3. The summed E-state index contributed by atoms with van der Waals surface area (Å²) in [5.41, 5.74) is 2.72. The Kier molecular flexibility index (Phi) is 3.40. The molecule has 0 radical (unpaired) electrons. The van der Waals surface area contributed by atoms with Crippen molar-refractivity contribution in [2.24, 2.45) is 5.41 Å². The molecule has 2 heterocycles. The molecule has 1 aliphatic heterocycles. The fourth-order valence-electron chi connectivity index (χ4n) is 2.80. The van der Waals surface area contributed by atoms with Crippen molar-refractivity contribution in [3.63, 3.8) is 0 Å². The second-order valence-corrected chi connectivity index (χ2v) is 7.13. The Bertz CT molecular complexity index is 574. The van der Waals surface area contributed by atoms with Crippen LogP contribution in [0.25, 0.3) is 10.9 Å². The molecule has 1 N–H and O–H groups in total. The van der Waals surface area contributed by atoms with Crippen molar-refractivity contribution in [3.05, 3.63) is 36.5 Å². The molecule has 1 saturated heterocycles. The minimum absolute atomic E-state index is 0.434. The summed E-state index contributed by atoms with van der Waals surface area (Å²) in [5, 5.41) is 4.94. The van der Waals surface area contributed by atoms with Gasteiger partial charge in [-0.25, -0.2) is 0 Å². The van der Waals surface area contributed by atoms with Gasteiger partial charge < -0.3 is 5.32 Å². The van der Waals surface area contributed by atoms with Crippen molar-refractivity contribution in [2.45, 2.75) is 26.3 Å². The molecule has 1 fully saturated rings. The smallest absolute Gasteiger partial charge is 0.0722 e. The summed E-state index contributed by atoms with van der Waals surface area (Å²) in [7, 11) is 0. The van der Waals surface area contributed by atoms with E-state index in [0.717, 1.165) is 5.52 Å². The number of fused-ring (bicyclic) bond motifs is 1. The Morgan fingerprint density at radius 3 is 3.00 bits per heavy atom. The van der Waals surface area contributed by atoms with Crippen LogP contribution in [0.2, 0.25) is 0 Å². The maximum absolute atomic E-state index is 4.42. The van der Waals surface area contributed by atoms with Gasteiger partial charge in [0.15, 0.2) is 0 Å². The van der Waals surface area contributed by atoms with Crippen molar-refractivity contribution in [1.82, 2.24) is 4.98 Å². The molecule has 1 atom stereocenters. The van der Waals surface area contributed by atoms with Crippen LogP contribution < -0.4 is 5.32 Å². The van der Waals surface area contributed by atoms with E-state index in [9.17, 15) is 0 Å². The first-order chi connectivity index (χ1) is 9.14. The highest BCUT2D eigenvalue weighted by Crippen LogP contribution is 2.35. The van der Waals surface area contributed by atoms with Gasteiger partial charge >= 0.3 is 0 Å². The van der Waals surface area contributed by atoms with Crippen LogP contribution in [-0.2, 0) is 0 Å². The summed E-state index contributed by atoms with van der Waals surface area (Å²) in [4.78, 5) is 4.42. The number of pyridine rings is 1. The summed E-state index contributed by atoms with van der Waals surface area (Å²) in [5.74, 6) is 2.46. The maximum Gasteiger partial charge on any atom is 0.0722 e. The molecule has 100 valence electrons. The molecular formula is C16H20N2S. The molecule has 1 aromatic heterocycles. The first-order valence-corrected chi connectivity index (χ1v) is 7.98. The Morgan fingerprint density at radius 1 is 1.26 bits per heavy atom. The SMILES string of the molecule is CC1(C)CSCC(Nc2cccc3ncccc23)C1. The Balaban J connectivity index is 1.85. The molecular weight excluding hydrogens is 252 g/mol. The van der Waals surface area contributed by atoms with Gasteiger partial charge in [-0.1, -0.05) is 19.9 Å². The Morgan fingerprint density at radius 2 is 2.16 bits per heavy atom. The number of hydrogen-bond acceptors (Lipinski definition) is 3. The zero-order chi connectivity index (χ0) is 13.3. The average molecular weight is 272 g/mol. The van der Waals surface area contributed by atoms with Crippen LogP contribution in [0.3, 0.4) is 0 Å². The zero-order valence-corrected chi connectivity index (χ0v) is 12.3. The first-order valence-electron chi connectivity index (χ1n) is 6.82. The van der Waals surface area contributed by atoms with Crippen molar-refractivity contribution >= 4 is 28.4 Å². The van der Waals surface area contributed by atoms with Crippen LogP contribution in [0.4, 0.5) is 5.69 Å². The van der Waals surface area contributed by atoms with Crippen LogP contribution in [0.15, 0.2) is 36.5 Å². The highest BCUT2D eigenvalue weighted by Gasteiger charge is 2.28. The Labute approximate surface area is 119 Å². The number of benzene rings is 1. The van der Waals surface area contributed by atoms with E-state index < -0.39 is 0 Å². The first kappa shape index (κ1) is 12.8. The number of anilines is 1. The lowest BCUT2D eigenvalue weighted by Crippen LogP contribution is -2.35. The van der Waals surface area contributed by atoms with Gasteiger partial charge in [0.2, 0.25) is 0 Å². The number of aromatic nitrogens is 1. The molecule has 0 amide bonds. The molecule has 19 heavy (non-hydrogen) atoms. The lowest BCUT2D eigenvalue weighted by atomic mass is 9.87. The number of hydrogen-bond donors (Lipinski definition) is 1. The highest BCUT2D eigenvalue weighted by atomic mass is 32.2. The third-order valence-corrected chi connectivity index (χ3v) is 5.24. The molecule has 1 unspecified atom stereocenters. The number of rotatable bonds is 2. The van der Waals surface area contributed by atoms with Crippen molar-refractivity contribution in [2.75, 3.05) is 16.8 Å². The molecule has 3 rings (SSSR count). The largest absolute Gasteiger partial charge is 0.381 e. The monoisotopic (exact) mass is 272 g/mol. The van der Waals surface area contributed by atoms with Crippen LogP contribution in [0.5, 0.6) is 0 Å². The van der Waals surface area contributed by atoms with E-state index in [0.29, 0.717) is 11.5 Å². The van der Waals surface area contributed by atoms with Crippen LogP contribution in [0, 0.1) is 5.41 Å². The van der Waals surface area contributed by atoms with E-state index in [2.05, 4.69) is 60.2 Å². The molecule has 2 nitrogen and oxygen atoms in total. The third-order valence-electron chi connectivity index (χ3n) is 3.62. The van der Waals surface area contributed by atoms with E-state index in [-0.39, 0.29) is 0 Å². The van der Waals surface area contributed by atoms with E-state index in [4.69, 9.17) is 0 Å². The second kappa shape index (κ2) is 5.04. The van der Waals surface area contributed by atoms with Gasteiger partial charge in [-0.05, 0) is 41.9 Å². The second-order valence-electron chi connectivity index (χ2n) is 6.10. The lowest BCUT2D eigenvalue weighted by molar-refractivity contribution is 0.358. The van der Waals surface area contributed by atoms with Crippen LogP contribution >= 0.6 is 11.8 Å². The van der Waals surface area contributed by atoms with Crippen molar-refractivity contribution in [1.29, 1.82) is 0 Å². The molecule has 0 saturated carbocycles. The van der Waals surface area contributed by atoms with Gasteiger partial charge in [0.25, 0.3) is 0 Å².